The van der Waals surface area contributed by atoms with Gasteiger partial charge in [-0.25, -0.2) is 0 Å². The molecule has 0 atom stereocenters. The van der Waals surface area contributed by atoms with Gasteiger partial charge in [-0.3, -0.25) is 20.2 Å². The van der Waals surface area contributed by atoms with Crippen molar-refractivity contribution in [3.05, 3.63) is 116 Å². The number of hydrogen-bond acceptors (Lipinski definition) is 5. The summed E-state index contributed by atoms with van der Waals surface area (Å²) in [5.41, 5.74) is -2.89. The van der Waals surface area contributed by atoms with Gasteiger partial charge in [-0.05, 0) is 47.5 Å². The van der Waals surface area contributed by atoms with Gasteiger partial charge in [0.1, 0.15) is 0 Å². The van der Waals surface area contributed by atoms with Crippen molar-refractivity contribution in [1.29, 1.82) is 0 Å². The zero-order valence-electron chi connectivity index (χ0n) is 19.4. The maximum absolute atomic E-state index is 13.1. The molecule has 0 saturated heterocycles. The van der Waals surface area contributed by atoms with Crippen LogP contribution in [0, 0.1) is 20.2 Å². The first kappa shape index (κ1) is 27.1. The third-order valence-electron chi connectivity index (χ3n) is 5.75. The molecule has 1 N–H and O–H groups in total. The Bertz CT molecular complexity index is 1430. The first-order valence-electron chi connectivity index (χ1n) is 10.9. The number of nitro benzene ring substituents is 2. The van der Waals surface area contributed by atoms with Gasteiger partial charge in [0.2, 0.25) is 0 Å². The predicted molar refractivity (Wildman–Crippen MR) is 130 cm³/mol. The van der Waals surface area contributed by atoms with E-state index in [9.17, 15) is 46.6 Å². The third kappa shape index (κ3) is 5.66. The summed E-state index contributed by atoms with van der Waals surface area (Å²) in [4.78, 5) is 22.1. The van der Waals surface area contributed by atoms with Crippen LogP contribution in [0.5, 0.6) is 0 Å². The molecule has 0 fully saturated rings. The van der Waals surface area contributed by atoms with Crippen LogP contribution in [0.3, 0.4) is 0 Å². The van der Waals surface area contributed by atoms with Gasteiger partial charge in [0.05, 0.1) is 43.5 Å². The molecule has 4 aromatic carbocycles. The van der Waals surface area contributed by atoms with Gasteiger partial charge in [-0.15, -0.1) is 0 Å². The second kappa shape index (κ2) is 10.1. The topological polar surface area (TPSA) is 98.3 Å². The van der Waals surface area contributed by atoms with Crippen molar-refractivity contribution in [1.82, 2.24) is 0 Å². The number of hydrogen-bond donors (Lipinski definition) is 1. The second-order valence-corrected chi connectivity index (χ2v) is 8.19. The highest BCUT2D eigenvalue weighted by Crippen LogP contribution is 2.43. The van der Waals surface area contributed by atoms with Crippen molar-refractivity contribution < 1.29 is 36.2 Å². The second-order valence-electron chi connectivity index (χ2n) is 8.19. The summed E-state index contributed by atoms with van der Waals surface area (Å²) in [6, 6.07) is 14.9. The van der Waals surface area contributed by atoms with Crippen molar-refractivity contribution >= 4 is 22.7 Å². The normalized spacial score (nSPS) is 11.7. The van der Waals surface area contributed by atoms with Crippen LogP contribution in [-0.4, -0.2) is 9.85 Å². The van der Waals surface area contributed by atoms with Crippen LogP contribution in [0.15, 0.2) is 84.9 Å². The molecule has 4 aromatic rings. The molecule has 0 spiro atoms. The Morgan fingerprint density at radius 3 is 1.15 bits per heavy atom. The van der Waals surface area contributed by atoms with Crippen LogP contribution in [-0.2, 0) is 12.4 Å². The lowest BCUT2D eigenvalue weighted by atomic mass is 9.97. The van der Waals surface area contributed by atoms with E-state index in [1.54, 1.807) is 0 Å². The highest BCUT2D eigenvalue weighted by molar-refractivity contribution is 5.93. The van der Waals surface area contributed by atoms with Gasteiger partial charge in [0.15, 0.2) is 0 Å². The fourth-order valence-corrected chi connectivity index (χ4v) is 4.00. The van der Waals surface area contributed by atoms with E-state index >= 15 is 0 Å². The largest absolute Gasteiger partial charge is 0.416 e. The first-order valence-corrected chi connectivity index (χ1v) is 10.9. The number of rotatable bonds is 6. The SMILES string of the molecule is O=[N+]([O-])c1cccc(Nc2cccc([N+](=O)[O-])c2-c2ccc(C(F)(F)F)cc2)c1-c1ccc(C(F)(F)F)cc1. The quantitative estimate of drug-likeness (QED) is 0.148. The molecule has 7 nitrogen and oxygen atoms in total. The summed E-state index contributed by atoms with van der Waals surface area (Å²) in [7, 11) is 0. The van der Waals surface area contributed by atoms with Gasteiger partial charge < -0.3 is 5.32 Å². The maximum Gasteiger partial charge on any atom is 0.416 e. The Balaban J connectivity index is 1.88. The monoisotopic (exact) mass is 547 g/mol. The summed E-state index contributed by atoms with van der Waals surface area (Å²) in [5.74, 6) is 0. The minimum absolute atomic E-state index is 0.0256. The molecule has 0 unspecified atom stereocenters. The minimum Gasteiger partial charge on any atom is -0.354 e. The molecule has 0 radical (unpaired) electrons. The third-order valence-corrected chi connectivity index (χ3v) is 5.75. The van der Waals surface area contributed by atoms with Gasteiger partial charge in [0, 0.05) is 12.1 Å². The van der Waals surface area contributed by atoms with Gasteiger partial charge in [0.25, 0.3) is 11.4 Å². The van der Waals surface area contributed by atoms with Gasteiger partial charge >= 0.3 is 12.4 Å². The number of nitrogens with one attached hydrogen (secondary N) is 1. The summed E-state index contributed by atoms with van der Waals surface area (Å²) >= 11 is 0. The fourth-order valence-electron chi connectivity index (χ4n) is 4.00. The van der Waals surface area contributed by atoms with Crippen molar-refractivity contribution in [2.45, 2.75) is 12.4 Å². The average molecular weight is 547 g/mol. The van der Waals surface area contributed by atoms with Crippen molar-refractivity contribution in [2.75, 3.05) is 5.32 Å². The lowest BCUT2D eigenvalue weighted by Gasteiger charge is -2.17. The molecule has 0 heterocycles. The van der Waals surface area contributed by atoms with Gasteiger partial charge in [-0.2, -0.15) is 26.3 Å². The van der Waals surface area contributed by atoms with E-state index in [1.807, 2.05) is 0 Å². The Morgan fingerprint density at radius 1 is 0.538 bits per heavy atom. The summed E-state index contributed by atoms with van der Waals surface area (Å²) in [5, 5.41) is 26.4. The average Bonchev–Trinajstić information content (AvgIpc) is 2.87. The van der Waals surface area contributed by atoms with Crippen molar-refractivity contribution in [2.24, 2.45) is 0 Å². The number of anilines is 2. The molecule has 0 amide bonds. The predicted octanol–water partition coefficient (Wildman–Crippen LogP) is 8.62. The van der Waals surface area contributed by atoms with Crippen LogP contribution < -0.4 is 5.32 Å². The molecule has 4 rings (SSSR count). The van der Waals surface area contributed by atoms with E-state index in [1.165, 1.54) is 24.3 Å². The van der Waals surface area contributed by atoms with E-state index in [2.05, 4.69) is 5.32 Å². The number of nitrogens with zero attached hydrogens (tertiary/aromatic N) is 2. The minimum atomic E-state index is -4.64. The van der Waals surface area contributed by atoms with Crippen LogP contribution in [0.25, 0.3) is 22.3 Å². The Morgan fingerprint density at radius 2 is 0.872 bits per heavy atom. The van der Waals surface area contributed by atoms with E-state index in [0.717, 1.165) is 60.7 Å². The molecule has 39 heavy (non-hydrogen) atoms. The van der Waals surface area contributed by atoms with E-state index in [0.29, 0.717) is 0 Å². The first-order chi connectivity index (χ1) is 18.3. The number of benzene rings is 4. The zero-order valence-corrected chi connectivity index (χ0v) is 19.4. The van der Waals surface area contributed by atoms with Crippen molar-refractivity contribution in [3.63, 3.8) is 0 Å². The van der Waals surface area contributed by atoms with E-state index < -0.39 is 44.7 Å². The molecule has 0 aliphatic rings. The highest BCUT2D eigenvalue weighted by atomic mass is 19.4. The molecule has 0 saturated carbocycles. The zero-order chi connectivity index (χ0) is 28.5. The Hall–Kier alpha value is -4.94. The van der Waals surface area contributed by atoms with Crippen molar-refractivity contribution in [3.8, 4) is 22.3 Å². The molecular formula is C26H15F6N3O4. The molecular weight excluding hydrogens is 532 g/mol. The lowest BCUT2D eigenvalue weighted by Crippen LogP contribution is -2.05. The maximum atomic E-state index is 13.1. The summed E-state index contributed by atoms with van der Waals surface area (Å²) in [6.07, 6.45) is -9.27. The Kier molecular flexibility index (Phi) is 7.01. The van der Waals surface area contributed by atoms with Crippen LogP contribution >= 0.6 is 0 Å². The summed E-state index contributed by atoms with van der Waals surface area (Å²) < 4.78 is 78.3. The molecule has 0 bridgehead atoms. The molecule has 0 aromatic heterocycles. The molecule has 13 heteroatoms. The van der Waals surface area contributed by atoms with Crippen LogP contribution in [0.1, 0.15) is 11.1 Å². The molecule has 0 aliphatic carbocycles. The van der Waals surface area contributed by atoms with E-state index in [-0.39, 0.29) is 33.6 Å². The number of nitro groups is 2. The lowest BCUT2D eigenvalue weighted by molar-refractivity contribution is -0.384. The van der Waals surface area contributed by atoms with Crippen LogP contribution in [0.4, 0.5) is 49.1 Å². The van der Waals surface area contributed by atoms with Crippen LogP contribution in [0.2, 0.25) is 0 Å². The highest BCUT2D eigenvalue weighted by Gasteiger charge is 2.32. The number of halogens is 6. The standard InChI is InChI=1S/C26H15F6N3O4/c27-25(28,29)17-11-7-15(8-12-17)23-19(3-1-5-21(23)34(36)37)33-20-4-2-6-22(35(38)39)24(20)16-9-13-18(14-10-16)26(30,31)32/h1-14,33H. The summed E-state index contributed by atoms with van der Waals surface area (Å²) in [6.45, 7) is 0. The Labute approximate surface area is 215 Å². The van der Waals surface area contributed by atoms with E-state index in [4.69, 9.17) is 0 Å². The number of alkyl halides is 6. The molecule has 200 valence electrons. The smallest absolute Gasteiger partial charge is 0.354 e. The van der Waals surface area contributed by atoms with Gasteiger partial charge in [-0.1, -0.05) is 36.4 Å². The molecule has 0 aliphatic heterocycles. The fraction of sp³-hybridized carbons (Fsp3) is 0.0769.